The summed E-state index contributed by atoms with van der Waals surface area (Å²) in [5.41, 5.74) is 0.668. The Balaban J connectivity index is 2.17. The molecule has 2 aromatic carbocycles. The van der Waals surface area contributed by atoms with Crippen molar-refractivity contribution >= 4 is 5.78 Å². The van der Waals surface area contributed by atoms with Gasteiger partial charge < -0.3 is 9.47 Å². The van der Waals surface area contributed by atoms with Gasteiger partial charge in [0.1, 0.15) is 23.9 Å². The van der Waals surface area contributed by atoms with Crippen molar-refractivity contribution in [2.24, 2.45) is 0 Å². The maximum Gasteiger partial charge on any atom is 0.183 e. The largest absolute Gasteiger partial charge is 0.497 e. The standard InChI is InChI=1S/C17H14FNO3/c1-21-13-7-5-12(6-8-13)11-22-16-4-2-3-14(18)17(16)15(20)9-10-19/h2-8H,9,11H2,1H3. The van der Waals surface area contributed by atoms with E-state index in [1.54, 1.807) is 25.3 Å². The van der Waals surface area contributed by atoms with Gasteiger partial charge in [0.25, 0.3) is 0 Å². The number of hydrogen-bond donors (Lipinski definition) is 0. The van der Waals surface area contributed by atoms with E-state index in [9.17, 15) is 9.18 Å². The van der Waals surface area contributed by atoms with E-state index in [0.717, 1.165) is 11.3 Å². The maximum atomic E-state index is 13.8. The molecular formula is C17H14FNO3. The van der Waals surface area contributed by atoms with E-state index in [2.05, 4.69) is 0 Å². The lowest BCUT2D eigenvalue weighted by Gasteiger charge is -2.11. The second-order valence-electron chi connectivity index (χ2n) is 4.51. The Morgan fingerprint density at radius 3 is 2.59 bits per heavy atom. The Kier molecular flexibility index (Phi) is 5.10. The summed E-state index contributed by atoms with van der Waals surface area (Å²) in [6, 6.07) is 13.1. The van der Waals surface area contributed by atoms with E-state index in [-0.39, 0.29) is 24.3 Å². The van der Waals surface area contributed by atoms with Gasteiger partial charge in [-0.05, 0) is 29.8 Å². The smallest absolute Gasteiger partial charge is 0.183 e. The number of hydrogen-bond acceptors (Lipinski definition) is 4. The van der Waals surface area contributed by atoms with Crippen LogP contribution in [0, 0.1) is 17.1 Å². The highest BCUT2D eigenvalue weighted by Crippen LogP contribution is 2.24. The molecule has 0 saturated heterocycles. The van der Waals surface area contributed by atoms with E-state index in [1.165, 1.54) is 18.2 Å². The Morgan fingerprint density at radius 2 is 1.95 bits per heavy atom. The SMILES string of the molecule is COc1ccc(COc2cccc(F)c2C(=O)CC#N)cc1. The van der Waals surface area contributed by atoms with Gasteiger partial charge in [-0.3, -0.25) is 4.79 Å². The van der Waals surface area contributed by atoms with Gasteiger partial charge in [0, 0.05) is 0 Å². The van der Waals surface area contributed by atoms with Gasteiger partial charge in [0.05, 0.1) is 25.2 Å². The molecule has 0 heterocycles. The van der Waals surface area contributed by atoms with Crippen molar-refractivity contribution in [1.29, 1.82) is 5.26 Å². The summed E-state index contributed by atoms with van der Waals surface area (Å²) in [6.07, 6.45) is -0.389. The molecule has 0 atom stereocenters. The number of carbonyl (C=O) groups excluding carboxylic acids is 1. The van der Waals surface area contributed by atoms with Crippen molar-refractivity contribution in [3.05, 3.63) is 59.4 Å². The highest BCUT2D eigenvalue weighted by molar-refractivity contribution is 6.00. The normalized spacial score (nSPS) is 9.86. The molecule has 0 radical (unpaired) electrons. The molecule has 22 heavy (non-hydrogen) atoms. The fourth-order valence-electron chi connectivity index (χ4n) is 1.94. The van der Waals surface area contributed by atoms with Crippen LogP contribution in [-0.2, 0) is 6.61 Å². The topological polar surface area (TPSA) is 59.3 Å². The van der Waals surface area contributed by atoms with Gasteiger partial charge in [-0.25, -0.2) is 4.39 Å². The summed E-state index contributed by atoms with van der Waals surface area (Å²) in [5.74, 6) is -0.423. The van der Waals surface area contributed by atoms with Crippen LogP contribution >= 0.6 is 0 Å². The van der Waals surface area contributed by atoms with Crippen LogP contribution in [0.4, 0.5) is 4.39 Å². The number of nitrogens with zero attached hydrogens (tertiary/aromatic N) is 1. The molecular weight excluding hydrogens is 285 g/mol. The average molecular weight is 299 g/mol. The van der Waals surface area contributed by atoms with Crippen molar-refractivity contribution in [2.45, 2.75) is 13.0 Å². The van der Waals surface area contributed by atoms with Gasteiger partial charge in [0.2, 0.25) is 0 Å². The maximum absolute atomic E-state index is 13.8. The van der Waals surface area contributed by atoms with E-state index in [4.69, 9.17) is 14.7 Å². The number of methoxy groups -OCH3 is 1. The molecule has 0 amide bonds. The predicted octanol–water partition coefficient (Wildman–Crippen LogP) is 3.51. The van der Waals surface area contributed by atoms with Crippen molar-refractivity contribution < 1.29 is 18.7 Å². The molecule has 0 aliphatic carbocycles. The van der Waals surface area contributed by atoms with Crippen molar-refractivity contribution in [3.63, 3.8) is 0 Å². The minimum atomic E-state index is -0.688. The van der Waals surface area contributed by atoms with Crippen LogP contribution in [0.3, 0.4) is 0 Å². The summed E-state index contributed by atoms with van der Waals surface area (Å²) in [4.78, 5) is 11.8. The van der Waals surface area contributed by atoms with Crippen LogP contribution in [0.5, 0.6) is 11.5 Å². The van der Waals surface area contributed by atoms with Gasteiger partial charge in [-0.15, -0.1) is 0 Å². The summed E-state index contributed by atoms with van der Waals surface area (Å²) in [6.45, 7) is 0.181. The zero-order valence-corrected chi connectivity index (χ0v) is 12.0. The quantitative estimate of drug-likeness (QED) is 0.766. The van der Waals surface area contributed by atoms with Gasteiger partial charge in [0.15, 0.2) is 5.78 Å². The van der Waals surface area contributed by atoms with Gasteiger partial charge in [-0.2, -0.15) is 5.26 Å². The molecule has 112 valence electrons. The van der Waals surface area contributed by atoms with E-state index in [0.29, 0.717) is 0 Å². The molecule has 0 N–H and O–H groups in total. The predicted molar refractivity (Wildman–Crippen MR) is 78.3 cm³/mol. The van der Waals surface area contributed by atoms with Crippen molar-refractivity contribution in [2.75, 3.05) is 7.11 Å². The number of rotatable bonds is 6. The third kappa shape index (κ3) is 3.61. The number of benzene rings is 2. The minimum absolute atomic E-state index is 0.135. The van der Waals surface area contributed by atoms with Crippen molar-refractivity contribution in [1.82, 2.24) is 0 Å². The number of halogens is 1. The van der Waals surface area contributed by atoms with Crippen LogP contribution < -0.4 is 9.47 Å². The monoisotopic (exact) mass is 299 g/mol. The summed E-state index contributed by atoms with van der Waals surface area (Å²) in [7, 11) is 1.57. The first-order valence-electron chi connectivity index (χ1n) is 6.60. The van der Waals surface area contributed by atoms with E-state index in [1.807, 2.05) is 12.1 Å². The van der Waals surface area contributed by atoms with Crippen LogP contribution in [-0.4, -0.2) is 12.9 Å². The fraction of sp³-hybridized carbons (Fsp3) is 0.176. The third-order valence-corrected chi connectivity index (χ3v) is 3.05. The molecule has 0 bridgehead atoms. The Morgan fingerprint density at radius 1 is 1.23 bits per heavy atom. The minimum Gasteiger partial charge on any atom is -0.497 e. The molecule has 0 aromatic heterocycles. The third-order valence-electron chi connectivity index (χ3n) is 3.05. The molecule has 0 fully saturated rings. The first-order chi connectivity index (χ1) is 10.7. The first kappa shape index (κ1) is 15.5. The second-order valence-corrected chi connectivity index (χ2v) is 4.51. The Hall–Kier alpha value is -2.87. The molecule has 0 aliphatic rings. The number of ketones is 1. The van der Waals surface area contributed by atoms with Crippen LogP contribution in [0.1, 0.15) is 22.3 Å². The average Bonchev–Trinajstić information content (AvgIpc) is 2.53. The van der Waals surface area contributed by atoms with Crippen molar-refractivity contribution in [3.8, 4) is 17.6 Å². The number of ether oxygens (including phenoxy) is 2. The second kappa shape index (κ2) is 7.23. The van der Waals surface area contributed by atoms with Crippen LogP contribution in [0.2, 0.25) is 0 Å². The summed E-state index contributed by atoms with van der Waals surface area (Å²) in [5, 5.41) is 8.59. The number of Topliss-reactive ketones (excluding diaryl/α,β-unsaturated/α-hetero) is 1. The summed E-state index contributed by atoms with van der Waals surface area (Å²) >= 11 is 0. The van der Waals surface area contributed by atoms with Gasteiger partial charge in [-0.1, -0.05) is 18.2 Å². The highest BCUT2D eigenvalue weighted by Gasteiger charge is 2.17. The molecule has 0 unspecified atom stereocenters. The lowest BCUT2D eigenvalue weighted by molar-refractivity contribution is 0.0989. The lowest BCUT2D eigenvalue weighted by Crippen LogP contribution is -2.06. The molecule has 0 spiro atoms. The molecule has 2 rings (SSSR count). The van der Waals surface area contributed by atoms with Gasteiger partial charge >= 0.3 is 0 Å². The fourth-order valence-corrected chi connectivity index (χ4v) is 1.94. The van der Waals surface area contributed by atoms with E-state index < -0.39 is 11.6 Å². The molecule has 2 aromatic rings. The summed E-state index contributed by atoms with van der Waals surface area (Å²) < 4.78 is 24.4. The lowest BCUT2D eigenvalue weighted by atomic mass is 10.1. The first-order valence-corrected chi connectivity index (χ1v) is 6.60. The van der Waals surface area contributed by atoms with Crippen LogP contribution in [0.25, 0.3) is 0 Å². The number of nitriles is 1. The highest BCUT2D eigenvalue weighted by atomic mass is 19.1. The zero-order chi connectivity index (χ0) is 15.9. The Labute approximate surface area is 127 Å². The number of carbonyl (C=O) groups is 1. The molecule has 5 heteroatoms. The molecule has 0 aliphatic heterocycles. The molecule has 0 saturated carbocycles. The van der Waals surface area contributed by atoms with Crippen LogP contribution in [0.15, 0.2) is 42.5 Å². The Bertz CT molecular complexity index is 705. The zero-order valence-electron chi connectivity index (χ0n) is 12.0. The van der Waals surface area contributed by atoms with E-state index >= 15 is 0 Å². The molecule has 4 nitrogen and oxygen atoms in total.